The first kappa shape index (κ1) is 15.1. The zero-order valence-electron chi connectivity index (χ0n) is 11.0. The van der Waals surface area contributed by atoms with Gasteiger partial charge in [-0.25, -0.2) is 4.79 Å². The van der Waals surface area contributed by atoms with E-state index in [1.807, 2.05) is 13.8 Å². The van der Waals surface area contributed by atoms with Gasteiger partial charge in [-0.1, -0.05) is 13.8 Å². The number of aromatic carboxylic acids is 1. The zero-order valence-corrected chi connectivity index (χ0v) is 11.0. The lowest BCUT2D eigenvalue weighted by molar-refractivity contribution is 0.0688. The van der Waals surface area contributed by atoms with E-state index in [-0.39, 0.29) is 17.9 Å². The summed E-state index contributed by atoms with van der Waals surface area (Å²) in [6, 6.07) is 2.37. The first-order chi connectivity index (χ1) is 8.95. The first-order valence-electron chi connectivity index (χ1n) is 6.05. The van der Waals surface area contributed by atoms with Crippen LogP contribution in [-0.4, -0.2) is 39.7 Å². The summed E-state index contributed by atoms with van der Waals surface area (Å²) in [6.07, 6.45) is 1.97. The molecule has 1 amide bonds. The van der Waals surface area contributed by atoms with Gasteiger partial charge in [-0.05, 0) is 24.5 Å². The average Bonchev–Trinajstić information content (AvgIpc) is 2.37. The van der Waals surface area contributed by atoms with E-state index in [0.717, 1.165) is 0 Å². The Bertz CT molecular complexity index is 460. The third-order valence-corrected chi connectivity index (χ3v) is 2.56. The van der Waals surface area contributed by atoms with Crippen LogP contribution in [0.15, 0.2) is 18.3 Å². The molecule has 0 aliphatic rings. The van der Waals surface area contributed by atoms with E-state index in [9.17, 15) is 14.7 Å². The highest BCUT2D eigenvalue weighted by Crippen LogP contribution is 2.08. The molecule has 1 aromatic rings. The summed E-state index contributed by atoms with van der Waals surface area (Å²) in [5, 5.41) is 20.8. The molecule has 0 aliphatic carbocycles. The highest BCUT2D eigenvalue weighted by molar-refractivity contribution is 6.03. The molecule has 1 atom stereocenters. The van der Waals surface area contributed by atoms with Crippen LogP contribution in [0.1, 0.15) is 41.1 Å². The van der Waals surface area contributed by atoms with Gasteiger partial charge in [-0.15, -0.1) is 0 Å². The number of amides is 1. The van der Waals surface area contributed by atoms with Crippen molar-refractivity contribution >= 4 is 11.9 Å². The number of aliphatic hydroxyl groups is 1. The number of hydrogen-bond donors (Lipinski definition) is 3. The number of nitrogens with zero attached hydrogens (tertiary/aromatic N) is 1. The van der Waals surface area contributed by atoms with Gasteiger partial charge in [0.05, 0.1) is 18.2 Å². The van der Waals surface area contributed by atoms with Gasteiger partial charge in [0, 0.05) is 6.20 Å². The standard InChI is InChI=1S/C13H18N2O4/c1-8(2)6-9(7-16)15-12(17)11-10(13(18)19)4-3-5-14-11/h3-5,8-9,16H,6-7H2,1-2H3,(H,15,17)(H,18,19). The van der Waals surface area contributed by atoms with E-state index >= 15 is 0 Å². The summed E-state index contributed by atoms with van der Waals surface area (Å²) in [5.41, 5.74) is -0.293. The van der Waals surface area contributed by atoms with Crippen molar-refractivity contribution in [3.05, 3.63) is 29.6 Å². The number of carboxylic acid groups (broad SMARTS) is 1. The monoisotopic (exact) mass is 266 g/mol. The maximum Gasteiger partial charge on any atom is 0.338 e. The minimum Gasteiger partial charge on any atom is -0.478 e. The number of aliphatic hydroxyl groups excluding tert-OH is 1. The number of pyridine rings is 1. The van der Waals surface area contributed by atoms with Gasteiger partial charge < -0.3 is 15.5 Å². The quantitative estimate of drug-likeness (QED) is 0.711. The van der Waals surface area contributed by atoms with E-state index in [2.05, 4.69) is 10.3 Å². The smallest absolute Gasteiger partial charge is 0.338 e. The Balaban J connectivity index is 2.86. The fraction of sp³-hybridized carbons (Fsp3) is 0.462. The normalized spacial score (nSPS) is 12.2. The third-order valence-electron chi connectivity index (χ3n) is 2.56. The van der Waals surface area contributed by atoms with Crippen LogP contribution in [-0.2, 0) is 0 Å². The summed E-state index contributed by atoms with van der Waals surface area (Å²) in [5.74, 6) is -1.49. The molecule has 0 bridgehead atoms. The predicted octanol–water partition coefficient (Wildman–Crippen LogP) is 0.917. The van der Waals surface area contributed by atoms with E-state index in [1.165, 1.54) is 18.3 Å². The average molecular weight is 266 g/mol. The highest BCUT2D eigenvalue weighted by Gasteiger charge is 2.20. The van der Waals surface area contributed by atoms with Gasteiger partial charge in [0.25, 0.3) is 5.91 Å². The van der Waals surface area contributed by atoms with Crippen molar-refractivity contribution in [3.8, 4) is 0 Å². The van der Waals surface area contributed by atoms with Crippen molar-refractivity contribution in [2.45, 2.75) is 26.3 Å². The highest BCUT2D eigenvalue weighted by atomic mass is 16.4. The SMILES string of the molecule is CC(C)CC(CO)NC(=O)c1ncccc1C(=O)O. The largest absolute Gasteiger partial charge is 0.478 e. The van der Waals surface area contributed by atoms with Crippen molar-refractivity contribution in [3.63, 3.8) is 0 Å². The molecule has 6 heteroatoms. The van der Waals surface area contributed by atoms with Crippen LogP contribution in [0.2, 0.25) is 0 Å². The molecule has 3 N–H and O–H groups in total. The van der Waals surface area contributed by atoms with Crippen LogP contribution in [0.25, 0.3) is 0 Å². The molecule has 1 unspecified atom stereocenters. The van der Waals surface area contributed by atoms with E-state index in [1.54, 1.807) is 0 Å². The van der Waals surface area contributed by atoms with E-state index < -0.39 is 17.9 Å². The fourth-order valence-electron chi connectivity index (χ4n) is 1.76. The summed E-state index contributed by atoms with van der Waals surface area (Å²) >= 11 is 0. The van der Waals surface area contributed by atoms with Crippen LogP contribution in [0.5, 0.6) is 0 Å². The number of rotatable bonds is 6. The van der Waals surface area contributed by atoms with Crippen molar-refractivity contribution in [2.24, 2.45) is 5.92 Å². The van der Waals surface area contributed by atoms with Gasteiger partial charge in [0.2, 0.25) is 0 Å². The molecule has 0 spiro atoms. The van der Waals surface area contributed by atoms with Gasteiger partial charge in [0.15, 0.2) is 0 Å². The van der Waals surface area contributed by atoms with Crippen molar-refractivity contribution in [1.29, 1.82) is 0 Å². The summed E-state index contributed by atoms with van der Waals surface area (Å²) < 4.78 is 0. The van der Waals surface area contributed by atoms with Gasteiger partial charge in [-0.3, -0.25) is 9.78 Å². The second-order valence-electron chi connectivity index (χ2n) is 4.69. The predicted molar refractivity (Wildman–Crippen MR) is 69.0 cm³/mol. The fourth-order valence-corrected chi connectivity index (χ4v) is 1.76. The Kier molecular flexibility index (Phi) is 5.44. The maximum atomic E-state index is 12.0. The van der Waals surface area contributed by atoms with Crippen LogP contribution in [0, 0.1) is 5.92 Å². The van der Waals surface area contributed by atoms with Gasteiger partial charge in [0.1, 0.15) is 5.69 Å². The second kappa shape index (κ2) is 6.84. The number of nitrogens with one attached hydrogen (secondary N) is 1. The Hall–Kier alpha value is -1.95. The third kappa shape index (κ3) is 4.33. The molecule has 0 saturated carbocycles. The molecule has 0 saturated heterocycles. The molecule has 1 heterocycles. The molecule has 1 aromatic heterocycles. The molecule has 0 aliphatic heterocycles. The molecule has 0 radical (unpaired) electrons. The maximum absolute atomic E-state index is 12.0. The topological polar surface area (TPSA) is 99.5 Å². The van der Waals surface area contributed by atoms with E-state index in [4.69, 9.17) is 5.11 Å². The molecule has 19 heavy (non-hydrogen) atoms. The molecule has 0 fully saturated rings. The molecule has 1 rings (SSSR count). The Labute approximate surface area is 111 Å². The van der Waals surface area contributed by atoms with Crippen LogP contribution in [0.4, 0.5) is 0 Å². The van der Waals surface area contributed by atoms with Crippen molar-refractivity contribution in [2.75, 3.05) is 6.61 Å². The summed E-state index contributed by atoms with van der Waals surface area (Å²) in [6.45, 7) is 3.75. The van der Waals surface area contributed by atoms with Gasteiger partial charge >= 0.3 is 5.97 Å². The lowest BCUT2D eigenvalue weighted by Gasteiger charge is -2.18. The van der Waals surface area contributed by atoms with Crippen LogP contribution in [0.3, 0.4) is 0 Å². The lowest BCUT2D eigenvalue weighted by Crippen LogP contribution is -2.39. The number of aromatic nitrogens is 1. The minimum absolute atomic E-state index is 0.141. The van der Waals surface area contributed by atoms with Crippen molar-refractivity contribution in [1.82, 2.24) is 10.3 Å². The Morgan fingerprint density at radius 3 is 2.63 bits per heavy atom. The molecule has 104 valence electrons. The Morgan fingerprint density at radius 1 is 1.42 bits per heavy atom. The first-order valence-corrected chi connectivity index (χ1v) is 6.05. The van der Waals surface area contributed by atoms with Crippen molar-refractivity contribution < 1.29 is 19.8 Å². The lowest BCUT2D eigenvalue weighted by atomic mass is 10.0. The molecule has 0 aromatic carbocycles. The zero-order chi connectivity index (χ0) is 14.4. The molecule has 6 nitrogen and oxygen atoms in total. The summed E-state index contributed by atoms with van der Waals surface area (Å²) in [7, 11) is 0. The van der Waals surface area contributed by atoms with E-state index in [0.29, 0.717) is 12.3 Å². The summed E-state index contributed by atoms with van der Waals surface area (Å²) in [4.78, 5) is 26.8. The number of carbonyl (C=O) groups is 2. The molecular weight excluding hydrogens is 248 g/mol. The number of carboxylic acids is 1. The molecular formula is C13H18N2O4. The van der Waals surface area contributed by atoms with Crippen LogP contribution < -0.4 is 5.32 Å². The van der Waals surface area contributed by atoms with Crippen LogP contribution >= 0.6 is 0 Å². The van der Waals surface area contributed by atoms with Gasteiger partial charge in [-0.2, -0.15) is 0 Å². The Morgan fingerprint density at radius 2 is 2.11 bits per heavy atom. The second-order valence-corrected chi connectivity index (χ2v) is 4.69. The minimum atomic E-state index is -1.21. The number of hydrogen-bond acceptors (Lipinski definition) is 4. The number of carbonyl (C=O) groups excluding carboxylic acids is 1.